The second kappa shape index (κ2) is 6.35. The van der Waals surface area contributed by atoms with E-state index in [-0.39, 0.29) is 11.9 Å². The molecule has 0 radical (unpaired) electrons. The highest BCUT2D eigenvalue weighted by Crippen LogP contribution is 2.04. The SMILES string of the molecule is Cc1ccc(CC(=O)NC(C)CC(N)=S)cc1. The molecule has 0 heterocycles. The van der Waals surface area contributed by atoms with Gasteiger partial charge in [-0.1, -0.05) is 42.0 Å². The van der Waals surface area contributed by atoms with Crippen LogP contribution in [0.5, 0.6) is 0 Å². The van der Waals surface area contributed by atoms with Crippen molar-refractivity contribution in [1.29, 1.82) is 0 Å². The van der Waals surface area contributed by atoms with Gasteiger partial charge in [-0.15, -0.1) is 0 Å². The zero-order valence-electron chi connectivity index (χ0n) is 10.2. The van der Waals surface area contributed by atoms with Gasteiger partial charge in [-0.05, 0) is 19.4 Å². The van der Waals surface area contributed by atoms with Gasteiger partial charge in [0.1, 0.15) is 0 Å². The van der Waals surface area contributed by atoms with Crippen molar-refractivity contribution in [3.63, 3.8) is 0 Å². The lowest BCUT2D eigenvalue weighted by Crippen LogP contribution is -2.36. The summed E-state index contributed by atoms with van der Waals surface area (Å²) in [5, 5.41) is 2.87. The first-order valence-electron chi connectivity index (χ1n) is 5.60. The molecule has 1 aromatic carbocycles. The molecule has 1 atom stereocenters. The van der Waals surface area contributed by atoms with Gasteiger partial charge in [-0.2, -0.15) is 0 Å². The Hall–Kier alpha value is -1.42. The Morgan fingerprint density at radius 3 is 2.53 bits per heavy atom. The summed E-state index contributed by atoms with van der Waals surface area (Å²) in [6.07, 6.45) is 0.928. The fraction of sp³-hybridized carbons (Fsp3) is 0.385. The van der Waals surface area contributed by atoms with E-state index in [1.54, 1.807) is 0 Å². The molecular formula is C13H18N2OS. The molecule has 4 heteroatoms. The molecule has 0 aromatic heterocycles. The third-order valence-electron chi connectivity index (χ3n) is 2.40. The monoisotopic (exact) mass is 250 g/mol. The molecule has 1 amide bonds. The minimum absolute atomic E-state index is 0.00222. The van der Waals surface area contributed by atoms with Crippen molar-refractivity contribution in [2.75, 3.05) is 0 Å². The molecule has 0 aliphatic heterocycles. The van der Waals surface area contributed by atoms with Gasteiger partial charge in [0.2, 0.25) is 5.91 Å². The number of nitrogens with two attached hydrogens (primary N) is 1. The van der Waals surface area contributed by atoms with Crippen molar-refractivity contribution in [1.82, 2.24) is 5.32 Å². The molecule has 1 rings (SSSR count). The molecule has 17 heavy (non-hydrogen) atoms. The number of hydrogen-bond acceptors (Lipinski definition) is 2. The van der Waals surface area contributed by atoms with Gasteiger partial charge < -0.3 is 11.1 Å². The highest BCUT2D eigenvalue weighted by molar-refractivity contribution is 7.80. The van der Waals surface area contributed by atoms with Gasteiger partial charge in [0.25, 0.3) is 0 Å². The number of rotatable bonds is 5. The van der Waals surface area contributed by atoms with Crippen molar-refractivity contribution in [2.45, 2.75) is 32.7 Å². The number of nitrogens with one attached hydrogen (secondary N) is 1. The van der Waals surface area contributed by atoms with E-state index in [1.165, 1.54) is 5.56 Å². The van der Waals surface area contributed by atoms with E-state index in [2.05, 4.69) is 5.32 Å². The van der Waals surface area contributed by atoms with Gasteiger partial charge in [0.05, 0.1) is 11.4 Å². The van der Waals surface area contributed by atoms with Crippen molar-refractivity contribution in [2.24, 2.45) is 5.73 Å². The van der Waals surface area contributed by atoms with E-state index >= 15 is 0 Å². The minimum atomic E-state index is -0.00884. The van der Waals surface area contributed by atoms with Crippen LogP contribution in [0.2, 0.25) is 0 Å². The predicted octanol–water partition coefficient (Wildman–Crippen LogP) is 1.72. The van der Waals surface area contributed by atoms with Crippen LogP contribution in [-0.2, 0) is 11.2 Å². The third-order valence-corrected chi connectivity index (χ3v) is 2.57. The first-order chi connectivity index (χ1) is 7.97. The van der Waals surface area contributed by atoms with Crippen molar-refractivity contribution >= 4 is 23.1 Å². The number of thiocarbonyl (C=S) groups is 1. The number of carbonyl (C=O) groups excluding carboxylic acids is 1. The van der Waals surface area contributed by atoms with Crippen LogP contribution in [0.15, 0.2) is 24.3 Å². The summed E-state index contributed by atoms with van der Waals surface area (Å²) in [7, 11) is 0. The second-order valence-corrected chi connectivity index (χ2v) is 4.83. The van der Waals surface area contributed by atoms with Gasteiger partial charge in [0, 0.05) is 12.5 Å². The predicted molar refractivity (Wildman–Crippen MR) is 73.9 cm³/mol. The second-order valence-electron chi connectivity index (χ2n) is 4.30. The van der Waals surface area contributed by atoms with Gasteiger partial charge in [0.15, 0.2) is 0 Å². The highest BCUT2D eigenvalue weighted by Gasteiger charge is 2.08. The first kappa shape index (κ1) is 13.6. The quantitative estimate of drug-likeness (QED) is 0.782. The summed E-state index contributed by atoms with van der Waals surface area (Å²) in [5.41, 5.74) is 7.62. The van der Waals surface area contributed by atoms with Crippen LogP contribution >= 0.6 is 12.2 Å². The normalized spacial score (nSPS) is 11.9. The maximum Gasteiger partial charge on any atom is 0.224 e. The van der Waals surface area contributed by atoms with Crippen LogP contribution in [-0.4, -0.2) is 16.9 Å². The molecule has 92 valence electrons. The smallest absolute Gasteiger partial charge is 0.224 e. The molecule has 0 spiro atoms. The fourth-order valence-corrected chi connectivity index (χ4v) is 1.82. The topological polar surface area (TPSA) is 55.1 Å². The Kier molecular flexibility index (Phi) is 5.10. The summed E-state index contributed by atoms with van der Waals surface area (Å²) in [5.74, 6) is -0.00222. The van der Waals surface area contributed by atoms with Crippen molar-refractivity contribution < 1.29 is 4.79 Å². The Bertz CT molecular complexity index is 400. The van der Waals surface area contributed by atoms with Crippen LogP contribution in [0, 0.1) is 6.92 Å². The van der Waals surface area contributed by atoms with Gasteiger partial charge >= 0.3 is 0 Å². The summed E-state index contributed by atoms with van der Waals surface area (Å²) in [6, 6.07) is 7.92. The van der Waals surface area contributed by atoms with Crippen LogP contribution < -0.4 is 11.1 Å². The standard InChI is InChI=1S/C13H18N2OS/c1-9-3-5-11(6-4-9)8-13(16)15-10(2)7-12(14)17/h3-6,10H,7-8H2,1-2H3,(H2,14,17)(H,15,16). The molecule has 0 aliphatic rings. The number of aryl methyl sites for hydroxylation is 1. The number of hydrogen-bond donors (Lipinski definition) is 2. The largest absolute Gasteiger partial charge is 0.393 e. The summed E-state index contributed by atoms with van der Waals surface area (Å²) < 4.78 is 0. The molecule has 0 fully saturated rings. The Labute approximate surface area is 107 Å². The molecule has 1 unspecified atom stereocenters. The maximum absolute atomic E-state index is 11.7. The average molecular weight is 250 g/mol. The average Bonchev–Trinajstić information content (AvgIpc) is 2.19. The molecule has 0 saturated carbocycles. The first-order valence-corrected chi connectivity index (χ1v) is 6.01. The van der Waals surface area contributed by atoms with Gasteiger partial charge in [-0.3, -0.25) is 4.79 Å². The lowest BCUT2D eigenvalue weighted by atomic mass is 10.1. The van der Waals surface area contributed by atoms with Crippen LogP contribution in [0.4, 0.5) is 0 Å². The van der Waals surface area contributed by atoms with Crippen molar-refractivity contribution in [3.8, 4) is 0 Å². The third kappa shape index (κ3) is 5.45. The zero-order chi connectivity index (χ0) is 12.8. The minimum Gasteiger partial charge on any atom is -0.393 e. The Morgan fingerprint density at radius 1 is 1.41 bits per heavy atom. The zero-order valence-corrected chi connectivity index (χ0v) is 11.0. The van der Waals surface area contributed by atoms with Crippen molar-refractivity contribution in [3.05, 3.63) is 35.4 Å². The molecule has 3 nitrogen and oxygen atoms in total. The van der Waals surface area contributed by atoms with E-state index in [0.29, 0.717) is 17.8 Å². The van der Waals surface area contributed by atoms with Crippen LogP contribution in [0.25, 0.3) is 0 Å². The molecule has 3 N–H and O–H groups in total. The van der Waals surface area contributed by atoms with E-state index < -0.39 is 0 Å². The number of benzene rings is 1. The highest BCUT2D eigenvalue weighted by atomic mass is 32.1. The lowest BCUT2D eigenvalue weighted by molar-refractivity contribution is -0.120. The Balaban J connectivity index is 2.44. The van der Waals surface area contributed by atoms with E-state index in [4.69, 9.17) is 18.0 Å². The summed E-state index contributed by atoms with van der Waals surface area (Å²) in [6.45, 7) is 3.92. The number of amides is 1. The summed E-state index contributed by atoms with van der Waals surface area (Å²) >= 11 is 4.80. The fourth-order valence-electron chi connectivity index (χ4n) is 1.57. The maximum atomic E-state index is 11.7. The van der Waals surface area contributed by atoms with Crippen LogP contribution in [0.1, 0.15) is 24.5 Å². The molecular weight excluding hydrogens is 232 g/mol. The van der Waals surface area contributed by atoms with E-state index in [9.17, 15) is 4.79 Å². The molecule has 0 saturated heterocycles. The van der Waals surface area contributed by atoms with Crippen LogP contribution in [0.3, 0.4) is 0 Å². The number of carbonyl (C=O) groups is 1. The van der Waals surface area contributed by atoms with E-state index in [0.717, 1.165) is 5.56 Å². The lowest BCUT2D eigenvalue weighted by Gasteiger charge is -2.12. The molecule has 0 aliphatic carbocycles. The Morgan fingerprint density at radius 2 is 2.00 bits per heavy atom. The summed E-state index contributed by atoms with van der Waals surface area (Å²) in [4.78, 5) is 12.1. The van der Waals surface area contributed by atoms with E-state index in [1.807, 2.05) is 38.1 Å². The molecule has 0 bridgehead atoms. The van der Waals surface area contributed by atoms with Gasteiger partial charge in [-0.25, -0.2) is 0 Å². The molecule has 1 aromatic rings.